The molecule has 0 saturated heterocycles. The largest absolute Gasteiger partial charge is 0.508 e. The maximum Gasteiger partial charge on any atom is 0.127 e. The van der Waals surface area contributed by atoms with Gasteiger partial charge in [-0.3, -0.25) is 10.2 Å². The Balaban J connectivity index is 1.90. The molecule has 0 unspecified atom stereocenters. The first kappa shape index (κ1) is 19.5. The molecule has 4 aromatic rings. The summed E-state index contributed by atoms with van der Waals surface area (Å²) in [5.74, 6) is 0.330. The van der Waals surface area contributed by atoms with Gasteiger partial charge in [0.15, 0.2) is 0 Å². The van der Waals surface area contributed by atoms with Crippen molar-refractivity contribution in [2.45, 2.75) is 47.1 Å². The fourth-order valence-electron chi connectivity index (χ4n) is 4.19. The summed E-state index contributed by atoms with van der Waals surface area (Å²) in [6.07, 6.45) is 1.88. The highest BCUT2D eigenvalue weighted by Crippen LogP contribution is 2.36. The van der Waals surface area contributed by atoms with Crippen molar-refractivity contribution in [1.29, 1.82) is 0 Å². The van der Waals surface area contributed by atoms with E-state index in [4.69, 9.17) is 12.2 Å². The van der Waals surface area contributed by atoms with Crippen LogP contribution in [-0.2, 0) is 13.0 Å². The topological polar surface area (TPSA) is 56.7 Å². The summed E-state index contributed by atoms with van der Waals surface area (Å²) in [4.78, 5) is 0. The molecule has 0 amide bonds. The number of rotatable bonds is 5. The van der Waals surface area contributed by atoms with Crippen molar-refractivity contribution in [2.75, 3.05) is 0 Å². The van der Waals surface area contributed by atoms with E-state index in [1.165, 1.54) is 22.2 Å². The first-order valence-electron chi connectivity index (χ1n) is 10.2. The van der Waals surface area contributed by atoms with Crippen molar-refractivity contribution >= 4 is 23.1 Å². The highest BCUT2D eigenvalue weighted by molar-refractivity contribution is 7.71. The van der Waals surface area contributed by atoms with Crippen molar-refractivity contribution < 1.29 is 5.11 Å². The van der Waals surface area contributed by atoms with Crippen molar-refractivity contribution in [3.63, 3.8) is 0 Å². The molecule has 0 fully saturated rings. The van der Waals surface area contributed by atoms with Crippen molar-refractivity contribution in [2.24, 2.45) is 0 Å². The van der Waals surface area contributed by atoms with Gasteiger partial charge < -0.3 is 9.67 Å². The number of fused-ring (bicyclic) bond motifs is 1. The van der Waals surface area contributed by atoms with Crippen molar-refractivity contribution in [3.05, 3.63) is 57.9 Å². The average molecular weight is 406 g/mol. The molecule has 2 heterocycles. The van der Waals surface area contributed by atoms with Gasteiger partial charge in [0.25, 0.3) is 0 Å². The molecule has 2 aromatic carbocycles. The molecule has 0 spiro atoms. The molecule has 2 aromatic heterocycles. The molecule has 0 saturated carbocycles. The van der Waals surface area contributed by atoms with Crippen LogP contribution >= 0.6 is 12.2 Å². The molecule has 0 aliphatic carbocycles. The van der Waals surface area contributed by atoms with Crippen LogP contribution in [0, 0.1) is 18.5 Å². The van der Waals surface area contributed by atoms with E-state index in [-0.39, 0.29) is 0 Å². The van der Waals surface area contributed by atoms with Gasteiger partial charge in [0, 0.05) is 34.3 Å². The SMILES string of the molecule is CCCn1c(C)c(C)c2cc(-c3c(-c4ccc(O)c(CC)c4)[nH][nH]c3=S)ccc21. The first-order valence-corrected chi connectivity index (χ1v) is 10.6. The number of H-pyrrole nitrogens is 2. The zero-order chi connectivity index (χ0) is 20.7. The number of nitrogens with one attached hydrogen (secondary N) is 2. The summed E-state index contributed by atoms with van der Waals surface area (Å²) in [6.45, 7) is 9.67. The second-order valence-electron chi connectivity index (χ2n) is 7.62. The van der Waals surface area contributed by atoms with Crippen LogP contribution in [-0.4, -0.2) is 19.9 Å². The van der Waals surface area contributed by atoms with Crippen molar-refractivity contribution in [1.82, 2.24) is 14.8 Å². The Labute approximate surface area is 176 Å². The van der Waals surface area contributed by atoms with Gasteiger partial charge in [-0.25, -0.2) is 0 Å². The molecule has 5 heteroatoms. The third-order valence-corrected chi connectivity index (χ3v) is 6.21. The molecule has 4 nitrogen and oxygen atoms in total. The molecular formula is C24H27N3OS. The molecule has 0 aliphatic rings. The molecule has 0 radical (unpaired) electrons. The van der Waals surface area contributed by atoms with Crippen LogP contribution in [0.1, 0.15) is 37.1 Å². The highest BCUT2D eigenvalue weighted by Gasteiger charge is 2.16. The lowest BCUT2D eigenvalue weighted by Crippen LogP contribution is -1.98. The van der Waals surface area contributed by atoms with E-state index in [1.807, 2.05) is 19.1 Å². The Hall–Kier alpha value is -2.79. The van der Waals surface area contributed by atoms with Gasteiger partial charge in [0.2, 0.25) is 0 Å². The van der Waals surface area contributed by atoms with Gasteiger partial charge in [-0.1, -0.05) is 32.1 Å². The molecule has 4 rings (SSSR count). The lowest BCUT2D eigenvalue weighted by molar-refractivity contribution is 0.469. The lowest BCUT2D eigenvalue weighted by atomic mass is 9.98. The minimum atomic E-state index is 0.330. The summed E-state index contributed by atoms with van der Waals surface area (Å²) < 4.78 is 3.09. The van der Waals surface area contributed by atoms with Crippen LogP contribution < -0.4 is 0 Å². The zero-order valence-corrected chi connectivity index (χ0v) is 18.2. The quantitative estimate of drug-likeness (QED) is 0.325. The van der Waals surface area contributed by atoms with E-state index in [9.17, 15) is 5.11 Å². The normalized spacial score (nSPS) is 11.4. The van der Waals surface area contributed by atoms with Gasteiger partial charge in [-0.05, 0) is 73.7 Å². The first-order chi connectivity index (χ1) is 14.0. The summed E-state index contributed by atoms with van der Waals surface area (Å²) in [5, 5.41) is 17.7. The number of aryl methyl sites for hydroxylation is 3. The Morgan fingerprint density at radius 2 is 1.76 bits per heavy atom. The third-order valence-electron chi connectivity index (χ3n) is 5.90. The van der Waals surface area contributed by atoms with Crippen LogP contribution in [0.3, 0.4) is 0 Å². The van der Waals surface area contributed by atoms with E-state index in [2.05, 4.69) is 53.7 Å². The van der Waals surface area contributed by atoms with Gasteiger partial charge in [-0.15, -0.1) is 0 Å². The number of phenolic OH excluding ortho intramolecular Hbond substituents is 1. The summed E-state index contributed by atoms with van der Waals surface area (Å²) >= 11 is 5.63. The number of aromatic hydroxyl groups is 1. The maximum atomic E-state index is 10.1. The number of aromatic nitrogens is 3. The van der Waals surface area contributed by atoms with E-state index in [0.29, 0.717) is 10.4 Å². The fraction of sp³-hybridized carbons (Fsp3) is 0.292. The Morgan fingerprint density at radius 3 is 2.48 bits per heavy atom. The summed E-state index contributed by atoms with van der Waals surface area (Å²) in [6, 6.07) is 12.3. The number of phenols is 1. The van der Waals surface area contributed by atoms with E-state index in [0.717, 1.165) is 47.3 Å². The smallest absolute Gasteiger partial charge is 0.127 e. The number of nitrogens with zero attached hydrogens (tertiary/aromatic N) is 1. The van der Waals surface area contributed by atoms with E-state index < -0.39 is 0 Å². The fourth-order valence-corrected chi connectivity index (χ4v) is 4.46. The standard InChI is InChI=1S/C24H27N3OS/c1-5-11-27-15(4)14(3)19-13-17(7-9-20(19)27)22-23(25-26-24(22)29)18-8-10-21(28)16(6-2)12-18/h7-10,12-13,28H,5-6,11H2,1-4H3,(H2,25,26,29). The van der Waals surface area contributed by atoms with Gasteiger partial charge in [-0.2, -0.15) is 0 Å². The lowest BCUT2D eigenvalue weighted by Gasteiger charge is -2.09. The number of aromatic amines is 2. The Bertz CT molecular complexity index is 1260. The monoisotopic (exact) mass is 405 g/mol. The highest BCUT2D eigenvalue weighted by atomic mass is 32.1. The van der Waals surface area contributed by atoms with Gasteiger partial charge >= 0.3 is 0 Å². The second kappa shape index (κ2) is 7.56. The number of benzene rings is 2. The Kier molecular flexibility index (Phi) is 5.09. The van der Waals surface area contributed by atoms with Crippen LogP contribution in [0.5, 0.6) is 5.75 Å². The molecule has 0 aliphatic heterocycles. The molecule has 0 bridgehead atoms. The Morgan fingerprint density at radius 1 is 1.00 bits per heavy atom. The number of hydrogen-bond acceptors (Lipinski definition) is 2. The van der Waals surface area contributed by atoms with Crippen LogP contribution in [0.25, 0.3) is 33.3 Å². The van der Waals surface area contributed by atoms with Crippen molar-refractivity contribution in [3.8, 4) is 28.1 Å². The summed E-state index contributed by atoms with van der Waals surface area (Å²) in [5.41, 5.74) is 8.89. The van der Waals surface area contributed by atoms with E-state index >= 15 is 0 Å². The number of hydrogen-bond donors (Lipinski definition) is 3. The second-order valence-corrected chi connectivity index (χ2v) is 8.03. The van der Waals surface area contributed by atoms with Crippen LogP contribution in [0.2, 0.25) is 0 Å². The molecule has 0 atom stereocenters. The molecular weight excluding hydrogens is 378 g/mol. The zero-order valence-electron chi connectivity index (χ0n) is 17.4. The third kappa shape index (κ3) is 3.19. The summed E-state index contributed by atoms with van der Waals surface area (Å²) in [7, 11) is 0. The van der Waals surface area contributed by atoms with E-state index in [1.54, 1.807) is 6.07 Å². The van der Waals surface area contributed by atoms with Crippen LogP contribution in [0.4, 0.5) is 0 Å². The predicted molar refractivity (Wildman–Crippen MR) is 123 cm³/mol. The maximum absolute atomic E-state index is 10.1. The minimum Gasteiger partial charge on any atom is -0.508 e. The molecule has 29 heavy (non-hydrogen) atoms. The molecule has 150 valence electrons. The minimum absolute atomic E-state index is 0.330. The van der Waals surface area contributed by atoms with Gasteiger partial charge in [0.1, 0.15) is 10.4 Å². The average Bonchev–Trinajstić information content (AvgIpc) is 3.22. The van der Waals surface area contributed by atoms with Crippen LogP contribution in [0.15, 0.2) is 36.4 Å². The molecule has 3 N–H and O–H groups in total. The van der Waals surface area contributed by atoms with Gasteiger partial charge in [0.05, 0.1) is 5.69 Å². The predicted octanol–water partition coefficient (Wildman–Crippen LogP) is 6.66.